The number of aromatic nitrogens is 3. The van der Waals surface area contributed by atoms with E-state index in [0.717, 1.165) is 25.9 Å². The first-order chi connectivity index (χ1) is 18.1. The molecular formula is C26H33F3N6O3. The van der Waals surface area contributed by atoms with Crippen LogP contribution in [0.5, 0.6) is 5.88 Å². The predicted octanol–water partition coefficient (Wildman–Crippen LogP) is 5.26. The molecule has 0 unspecified atom stereocenters. The molecule has 38 heavy (non-hydrogen) atoms. The summed E-state index contributed by atoms with van der Waals surface area (Å²) in [5.41, 5.74) is 4.50. The Morgan fingerprint density at radius 2 is 2.05 bits per heavy atom. The first kappa shape index (κ1) is 27.6. The van der Waals surface area contributed by atoms with Crippen LogP contribution < -0.4 is 5.48 Å². The van der Waals surface area contributed by atoms with Crippen molar-refractivity contribution in [3.63, 3.8) is 0 Å². The van der Waals surface area contributed by atoms with Gasteiger partial charge < -0.3 is 15.0 Å². The highest BCUT2D eigenvalue weighted by Gasteiger charge is 2.27. The molecule has 0 saturated carbocycles. The highest BCUT2D eigenvalue weighted by atomic mass is 19.4. The van der Waals surface area contributed by atoms with Crippen molar-refractivity contribution in [2.45, 2.75) is 64.7 Å². The summed E-state index contributed by atoms with van der Waals surface area (Å²) in [6, 6.07) is 5.47. The molecule has 9 nitrogen and oxygen atoms in total. The van der Waals surface area contributed by atoms with E-state index >= 15 is 0 Å². The zero-order valence-electron chi connectivity index (χ0n) is 21.7. The van der Waals surface area contributed by atoms with E-state index in [-0.39, 0.29) is 11.4 Å². The van der Waals surface area contributed by atoms with E-state index in [9.17, 15) is 23.1 Å². The number of alkyl halides is 3. The second kappa shape index (κ2) is 11.6. The molecule has 0 aliphatic carbocycles. The zero-order valence-corrected chi connectivity index (χ0v) is 21.7. The number of H-pyrrole nitrogens is 1. The van der Waals surface area contributed by atoms with Crippen LogP contribution in [0.15, 0.2) is 35.6 Å². The van der Waals surface area contributed by atoms with Gasteiger partial charge in [-0.1, -0.05) is 6.92 Å². The number of nitrogens with zero attached hydrogens (tertiary/aromatic N) is 4. The minimum Gasteiger partial charge on any atom is -0.494 e. The van der Waals surface area contributed by atoms with Gasteiger partial charge in [0.15, 0.2) is 5.88 Å². The van der Waals surface area contributed by atoms with Gasteiger partial charge >= 0.3 is 6.18 Å². The first-order valence-corrected chi connectivity index (χ1v) is 12.8. The maximum Gasteiger partial charge on any atom is 0.391 e. The molecule has 1 amide bonds. The molecule has 0 radical (unpaired) electrons. The molecule has 1 aliphatic heterocycles. The number of halogens is 3. The summed E-state index contributed by atoms with van der Waals surface area (Å²) in [7, 11) is 0. The predicted molar refractivity (Wildman–Crippen MR) is 138 cm³/mol. The number of carbonyl (C=O) groups excluding carboxylic acids is 1. The first-order valence-electron chi connectivity index (χ1n) is 12.8. The number of piperidine rings is 1. The average Bonchev–Trinajstić information content (AvgIpc) is 3.47. The number of hydroxylamine groups is 1. The molecule has 2 aromatic heterocycles. The smallest absolute Gasteiger partial charge is 0.391 e. The number of hydrogen-bond acceptors (Lipinski definition) is 6. The van der Waals surface area contributed by atoms with Crippen molar-refractivity contribution < 1.29 is 27.9 Å². The summed E-state index contributed by atoms with van der Waals surface area (Å²) in [6.45, 7) is 7.67. The normalized spacial score (nSPS) is 16.0. The molecule has 0 bridgehead atoms. The van der Waals surface area contributed by atoms with Crippen LogP contribution in [0.3, 0.4) is 0 Å². The van der Waals surface area contributed by atoms with E-state index in [1.54, 1.807) is 18.3 Å². The molecule has 1 saturated heterocycles. The van der Waals surface area contributed by atoms with Gasteiger partial charge in [0, 0.05) is 35.6 Å². The average molecular weight is 535 g/mol. The van der Waals surface area contributed by atoms with E-state index in [1.807, 2.05) is 23.3 Å². The van der Waals surface area contributed by atoms with Gasteiger partial charge in [-0.05, 0) is 51.3 Å². The molecule has 3 N–H and O–H groups in total. The Labute approximate surface area is 218 Å². The standard InChI is InChI=1S/C26H33F3N6O3/c1-4-21(31-18-14-30-35(15-18)19-7-10-34(11-8-19)16(2)3)23-20-13-17(5-6-22(20)32-25(23)37)24(36)33-38-12-9-26(27,28)29/h5-6,13-16,19,32,37H,4,7-12H2,1-3H3,(H,33,36). The van der Waals surface area contributed by atoms with E-state index in [1.165, 1.54) is 6.07 Å². The molecule has 3 aromatic rings. The van der Waals surface area contributed by atoms with Gasteiger partial charge in [0.1, 0.15) is 5.69 Å². The monoisotopic (exact) mass is 534 g/mol. The van der Waals surface area contributed by atoms with Gasteiger partial charge in [-0.3, -0.25) is 14.3 Å². The lowest BCUT2D eigenvalue weighted by molar-refractivity contribution is -0.149. The number of aromatic hydroxyl groups is 1. The molecule has 0 atom stereocenters. The number of benzene rings is 1. The summed E-state index contributed by atoms with van der Waals surface area (Å²) in [5.74, 6) is -0.784. The molecule has 0 spiro atoms. The number of rotatable bonds is 9. The third-order valence-electron chi connectivity index (χ3n) is 6.77. The number of fused-ring (bicyclic) bond motifs is 1. The number of aromatic amines is 1. The third kappa shape index (κ3) is 6.54. The van der Waals surface area contributed by atoms with Crippen molar-refractivity contribution in [2.75, 3.05) is 19.7 Å². The van der Waals surface area contributed by atoms with Crippen molar-refractivity contribution in [3.05, 3.63) is 41.7 Å². The third-order valence-corrected chi connectivity index (χ3v) is 6.77. The van der Waals surface area contributed by atoms with Crippen molar-refractivity contribution in [1.29, 1.82) is 0 Å². The van der Waals surface area contributed by atoms with Gasteiger partial charge in [0.05, 0.1) is 42.7 Å². The van der Waals surface area contributed by atoms with E-state index in [2.05, 4.69) is 33.7 Å². The molecule has 4 rings (SSSR count). The van der Waals surface area contributed by atoms with Crippen LogP contribution in [-0.4, -0.2) is 68.3 Å². The minimum atomic E-state index is -4.38. The highest BCUT2D eigenvalue weighted by Crippen LogP contribution is 2.32. The largest absolute Gasteiger partial charge is 0.494 e. The number of likely N-dealkylation sites (tertiary alicyclic amines) is 1. The lowest BCUT2D eigenvalue weighted by Crippen LogP contribution is -2.39. The number of carbonyl (C=O) groups is 1. The molecule has 12 heteroatoms. The number of nitrogens with one attached hydrogen (secondary N) is 2. The van der Waals surface area contributed by atoms with Crippen molar-refractivity contribution in [1.82, 2.24) is 25.1 Å². The summed E-state index contributed by atoms with van der Waals surface area (Å²) in [6.07, 6.45) is 0.581. The topological polar surface area (TPSA) is 108 Å². The van der Waals surface area contributed by atoms with Gasteiger partial charge in [0.2, 0.25) is 0 Å². The number of hydrogen-bond donors (Lipinski definition) is 3. The van der Waals surface area contributed by atoms with Crippen LogP contribution in [0.2, 0.25) is 0 Å². The Morgan fingerprint density at radius 3 is 2.71 bits per heavy atom. The van der Waals surface area contributed by atoms with Crippen molar-refractivity contribution in [3.8, 4) is 5.88 Å². The van der Waals surface area contributed by atoms with Crippen LogP contribution in [-0.2, 0) is 4.84 Å². The zero-order chi connectivity index (χ0) is 27.4. The second-order valence-corrected chi connectivity index (χ2v) is 9.71. The summed E-state index contributed by atoms with van der Waals surface area (Å²) in [5, 5.41) is 15.8. The fraction of sp³-hybridized carbons (Fsp3) is 0.500. The number of amides is 1. The van der Waals surface area contributed by atoms with Gasteiger partial charge in [-0.2, -0.15) is 18.3 Å². The molecule has 1 aliphatic rings. The molecule has 1 fully saturated rings. The lowest BCUT2D eigenvalue weighted by Gasteiger charge is -2.34. The van der Waals surface area contributed by atoms with E-state index in [4.69, 9.17) is 4.99 Å². The van der Waals surface area contributed by atoms with E-state index in [0.29, 0.717) is 46.4 Å². The van der Waals surface area contributed by atoms with Crippen LogP contribution in [0.4, 0.5) is 18.9 Å². The summed E-state index contributed by atoms with van der Waals surface area (Å²) < 4.78 is 38.8. The Hall–Kier alpha value is -3.38. The maximum absolute atomic E-state index is 12.4. The molecule has 1 aromatic carbocycles. The molecule has 206 valence electrons. The SMILES string of the molecule is CCC(=Nc1cnn(C2CCN(C(C)C)CC2)c1)c1c(O)[nH]c2ccc(C(=O)NOCCC(F)(F)F)cc12. The van der Waals surface area contributed by atoms with Crippen LogP contribution in [0.1, 0.15) is 68.4 Å². The minimum absolute atomic E-state index is 0.0898. The lowest BCUT2D eigenvalue weighted by atomic mass is 10.0. The summed E-state index contributed by atoms with van der Waals surface area (Å²) >= 11 is 0. The Balaban J connectivity index is 1.52. The maximum atomic E-state index is 12.4. The molecule has 3 heterocycles. The van der Waals surface area contributed by atoms with Crippen molar-refractivity contribution in [2.24, 2.45) is 4.99 Å². The van der Waals surface area contributed by atoms with E-state index < -0.39 is 25.1 Å². The van der Waals surface area contributed by atoms with Crippen LogP contribution in [0, 0.1) is 0 Å². The fourth-order valence-electron chi connectivity index (χ4n) is 4.67. The van der Waals surface area contributed by atoms with Gasteiger partial charge in [0.25, 0.3) is 5.91 Å². The highest BCUT2D eigenvalue weighted by molar-refractivity contribution is 6.14. The van der Waals surface area contributed by atoms with Gasteiger partial charge in [-0.25, -0.2) is 10.5 Å². The van der Waals surface area contributed by atoms with Gasteiger partial charge in [-0.15, -0.1) is 0 Å². The van der Waals surface area contributed by atoms with Crippen LogP contribution >= 0.6 is 0 Å². The number of aliphatic imine (C=N–C) groups is 1. The quantitative estimate of drug-likeness (QED) is 0.197. The Morgan fingerprint density at radius 1 is 1.32 bits per heavy atom. The van der Waals surface area contributed by atoms with Crippen molar-refractivity contribution >= 4 is 28.2 Å². The second-order valence-electron chi connectivity index (χ2n) is 9.71. The molecular weight excluding hydrogens is 501 g/mol. The Kier molecular flexibility index (Phi) is 8.41. The Bertz CT molecular complexity index is 1290. The summed E-state index contributed by atoms with van der Waals surface area (Å²) in [4.78, 5) is 27.2. The fourth-order valence-corrected chi connectivity index (χ4v) is 4.67. The van der Waals surface area contributed by atoms with Crippen LogP contribution in [0.25, 0.3) is 10.9 Å².